The molecule has 1 rings (SSSR count). The van der Waals surface area contributed by atoms with E-state index in [0.717, 1.165) is 17.9 Å². The lowest BCUT2D eigenvalue weighted by Crippen LogP contribution is -2.39. The molecule has 0 fully saturated rings. The molecule has 9 heteroatoms. The van der Waals surface area contributed by atoms with Gasteiger partial charge in [0.15, 0.2) is 5.96 Å². The summed E-state index contributed by atoms with van der Waals surface area (Å²) in [6, 6.07) is 7.94. The second-order valence-electron chi connectivity index (χ2n) is 6.04. The van der Waals surface area contributed by atoms with Crippen LogP contribution in [0.4, 0.5) is 0 Å². The van der Waals surface area contributed by atoms with Crippen LogP contribution in [-0.4, -0.2) is 52.4 Å². The number of halogens is 1. The molecule has 0 aromatic heterocycles. The standard InChI is InChI=1S/C18H32N4O3S.HI/c1-5-19-18(20-11-8-12-22-26(23,24)6-2)21-14-16(4)25-17-10-7-9-15(3)13-17;/h7,9-10,13,16,22H,5-6,8,11-12,14H2,1-4H3,(H2,19,20,21);1H. The van der Waals surface area contributed by atoms with Crippen molar-refractivity contribution in [3.63, 3.8) is 0 Å². The van der Waals surface area contributed by atoms with Gasteiger partial charge in [-0.15, -0.1) is 24.0 Å². The highest BCUT2D eigenvalue weighted by Crippen LogP contribution is 2.14. The molecule has 3 N–H and O–H groups in total. The lowest BCUT2D eigenvalue weighted by molar-refractivity contribution is 0.230. The third-order valence-electron chi connectivity index (χ3n) is 3.53. The number of hydrogen-bond acceptors (Lipinski definition) is 4. The van der Waals surface area contributed by atoms with Crippen LogP contribution in [0.1, 0.15) is 32.8 Å². The zero-order valence-corrected chi connectivity index (χ0v) is 19.8. The van der Waals surface area contributed by atoms with E-state index in [1.807, 2.05) is 45.0 Å². The molecular formula is C18H33IN4O3S. The van der Waals surface area contributed by atoms with Crippen molar-refractivity contribution >= 4 is 40.0 Å². The van der Waals surface area contributed by atoms with Gasteiger partial charge in [0.1, 0.15) is 11.9 Å². The molecule has 1 aromatic rings. The fourth-order valence-electron chi connectivity index (χ4n) is 2.14. The van der Waals surface area contributed by atoms with Crippen molar-refractivity contribution in [3.05, 3.63) is 29.8 Å². The molecule has 0 aliphatic heterocycles. The highest BCUT2D eigenvalue weighted by atomic mass is 127. The second kappa shape index (κ2) is 14.0. The van der Waals surface area contributed by atoms with Crippen molar-refractivity contribution in [3.8, 4) is 5.75 Å². The maximum Gasteiger partial charge on any atom is 0.211 e. The van der Waals surface area contributed by atoms with E-state index in [0.29, 0.717) is 32.0 Å². The highest BCUT2D eigenvalue weighted by molar-refractivity contribution is 14.0. The number of nitrogens with one attached hydrogen (secondary N) is 3. The summed E-state index contributed by atoms with van der Waals surface area (Å²) in [7, 11) is -3.12. The average Bonchev–Trinajstić information content (AvgIpc) is 2.59. The Kier molecular flexibility index (Phi) is 13.4. The number of rotatable bonds is 11. The third-order valence-corrected chi connectivity index (χ3v) is 4.93. The quantitative estimate of drug-likeness (QED) is 0.183. The van der Waals surface area contributed by atoms with Crippen molar-refractivity contribution in [1.82, 2.24) is 15.4 Å². The lowest BCUT2D eigenvalue weighted by atomic mass is 10.2. The molecule has 0 aliphatic rings. The largest absolute Gasteiger partial charge is 0.489 e. The fraction of sp³-hybridized carbons (Fsp3) is 0.611. The normalized spacial score (nSPS) is 12.8. The van der Waals surface area contributed by atoms with E-state index in [1.165, 1.54) is 0 Å². The first-order chi connectivity index (χ1) is 12.4. The van der Waals surface area contributed by atoms with Crippen LogP contribution in [0.2, 0.25) is 0 Å². The second-order valence-corrected chi connectivity index (χ2v) is 8.14. The number of sulfonamides is 1. The van der Waals surface area contributed by atoms with Gasteiger partial charge in [-0.05, 0) is 51.8 Å². The van der Waals surface area contributed by atoms with Gasteiger partial charge in [-0.3, -0.25) is 0 Å². The summed E-state index contributed by atoms with van der Waals surface area (Å²) in [5.74, 6) is 1.64. The van der Waals surface area contributed by atoms with E-state index in [2.05, 4.69) is 20.3 Å². The minimum atomic E-state index is -3.12. The monoisotopic (exact) mass is 512 g/mol. The summed E-state index contributed by atoms with van der Waals surface area (Å²) in [6.07, 6.45) is 0.627. The number of nitrogens with zero attached hydrogens (tertiary/aromatic N) is 1. The predicted octanol–water partition coefficient (Wildman–Crippen LogP) is 2.26. The number of hydrogen-bond donors (Lipinski definition) is 3. The summed E-state index contributed by atoms with van der Waals surface area (Å²) < 4.78 is 31.2. The van der Waals surface area contributed by atoms with Crippen LogP contribution in [0.15, 0.2) is 29.3 Å². The molecule has 27 heavy (non-hydrogen) atoms. The Hall–Kier alpha value is -1.07. The van der Waals surface area contributed by atoms with Crippen molar-refractivity contribution in [1.29, 1.82) is 0 Å². The zero-order valence-electron chi connectivity index (χ0n) is 16.6. The molecule has 1 atom stereocenters. The Bertz CT molecular complexity index is 668. The molecule has 0 spiro atoms. The Morgan fingerprint density at radius 2 is 1.96 bits per heavy atom. The summed E-state index contributed by atoms with van der Waals surface area (Å²) in [6.45, 7) is 9.95. The number of aliphatic imine (C=N–C) groups is 1. The van der Waals surface area contributed by atoms with Gasteiger partial charge in [-0.25, -0.2) is 18.1 Å². The van der Waals surface area contributed by atoms with Crippen LogP contribution in [-0.2, 0) is 10.0 Å². The summed E-state index contributed by atoms with van der Waals surface area (Å²) in [5, 5.41) is 6.38. The summed E-state index contributed by atoms with van der Waals surface area (Å²) >= 11 is 0. The molecule has 156 valence electrons. The minimum Gasteiger partial charge on any atom is -0.489 e. The van der Waals surface area contributed by atoms with Crippen LogP contribution in [0.5, 0.6) is 5.75 Å². The molecule has 0 heterocycles. The number of benzene rings is 1. The SMILES string of the molecule is CCNC(=NCC(C)Oc1cccc(C)c1)NCCCNS(=O)(=O)CC.I. The van der Waals surface area contributed by atoms with E-state index in [-0.39, 0.29) is 35.8 Å². The zero-order chi connectivity index (χ0) is 19.4. The average molecular weight is 512 g/mol. The Balaban J connectivity index is 0.00000676. The van der Waals surface area contributed by atoms with E-state index in [4.69, 9.17) is 4.74 Å². The summed E-state index contributed by atoms with van der Waals surface area (Å²) in [4.78, 5) is 4.53. The predicted molar refractivity (Wildman–Crippen MR) is 123 cm³/mol. The molecule has 0 bridgehead atoms. The smallest absolute Gasteiger partial charge is 0.211 e. The first-order valence-electron chi connectivity index (χ1n) is 9.09. The van der Waals surface area contributed by atoms with Gasteiger partial charge in [0.2, 0.25) is 10.0 Å². The van der Waals surface area contributed by atoms with E-state index >= 15 is 0 Å². The van der Waals surface area contributed by atoms with Crippen LogP contribution < -0.4 is 20.1 Å². The molecule has 1 aromatic carbocycles. The van der Waals surface area contributed by atoms with Gasteiger partial charge >= 0.3 is 0 Å². The van der Waals surface area contributed by atoms with Gasteiger partial charge in [0.05, 0.1) is 12.3 Å². The molecule has 1 unspecified atom stereocenters. The van der Waals surface area contributed by atoms with Gasteiger partial charge < -0.3 is 15.4 Å². The third kappa shape index (κ3) is 12.1. The molecule has 0 saturated heterocycles. The van der Waals surface area contributed by atoms with Gasteiger partial charge in [0, 0.05) is 19.6 Å². The molecule has 0 radical (unpaired) electrons. The highest BCUT2D eigenvalue weighted by Gasteiger charge is 2.06. The van der Waals surface area contributed by atoms with Crippen LogP contribution in [0.3, 0.4) is 0 Å². The van der Waals surface area contributed by atoms with E-state index < -0.39 is 10.0 Å². The fourth-order valence-corrected chi connectivity index (χ4v) is 2.80. The van der Waals surface area contributed by atoms with Crippen molar-refractivity contribution in [2.45, 2.75) is 40.2 Å². The Labute approximate surface area is 180 Å². The van der Waals surface area contributed by atoms with Crippen LogP contribution in [0.25, 0.3) is 0 Å². The minimum absolute atomic E-state index is 0. The van der Waals surface area contributed by atoms with Gasteiger partial charge in [-0.2, -0.15) is 0 Å². The molecule has 0 amide bonds. The Morgan fingerprint density at radius 1 is 1.22 bits per heavy atom. The summed E-state index contributed by atoms with van der Waals surface area (Å²) in [5.41, 5.74) is 1.16. The lowest BCUT2D eigenvalue weighted by Gasteiger charge is -2.15. The molecule has 0 aliphatic carbocycles. The van der Waals surface area contributed by atoms with E-state index in [1.54, 1.807) is 6.92 Å². The van der Waals surface area contributed by atoms with Crippen molar-refractivity contribution in [2.24, 2.45) is 4.99 Å². The van der Waals surface area contributed by atoms with Crippen molar-refractivity contribution < 1.29 is 13.2 Å². The first kappa shape index (κ1) is 25.9. The van der Waals surface area contributed by atoms with Crippen molar-refractivity contribution in [2.75, 3.05) is 31.9 Å². The number of ether oxygens (including phenoxy) is 1. The maximum absolute atomic E-state index is 11.4. The van der Waals surface area contributed by atoms with Gasteiger partial charge in [-0.1, -0.05) is 12.1 Å². The topological polar surface area (TPSA) is 91.8 Å². The van der Waals surface area contributed by atoms with E-state index in [9.17, 15) is 8.42 Å². The Morgan fingerprint density at radius 3 is 2.59 bits per heavy atom. The van der Waals surface area contributed by atoms with Gasteiger partial charge in [0.25, 0.3) is 0 Å². The molecule has 7 nitrogen and oxygen atoms in total. The maximum atomic E-state index is 11.4. The number of guanidine groups is 1. The molecular weight excluding hydrogens is 479 g/mol. The first-order valence-corrected chi connectivity index (χ1v) is 10.7. The number of aryl methyl sites for hydroxylation is 1. The van der Waals surface area contributed by atoms with Crippen LogP contribution >= 0.6 is 24.0 Å². The van der Waals surface area contributed by atoms with Crippen LogP contribution in [0, 0.1) is 6.92 Å². The molecule has 0 saturated carbocycles.